The van der Waals surface area contributed by atoms with Gasteiger partial charge in [0.25, 0.3) is 0 Å². The van der Waals surface area contributed by atoms with Crippen LogP contribution in [-0.2, 0) is 11.2 Å². The van der Waals surface area contributed by atoms with Gasteiger partial charge in [-0.05, 0) is 36.6 Å². The normalized spacial score (nSPS) is 12.6. The molecule has 0 fully saturated rings. The number of Topliss-reactive ketones (excluding diaryl/α,β-unsaturated/α-hetero) is 1. The maximum atomic E-state index is 13.1. The second-order valence-electron chi connectivity index (χ2n) is 3.22. The Labute approximate surface area is 91.5 Å². The number of alkyl halides is 1. The molecule has 0 aliphatic heterocycles. The lowest BCUT2D eigenvalue weighted by molar-refractivity contribution is -0.116. The summed E-state index contributed by atoms with van der Waals surface area (Å²) in [6.45, 7) is 3.44. The fourth-order valence-electron chi connectivity index (χ4n) is 1.26. The smallest absolute Gasteiger partial charge is 0.147 e. The molecule has 0 aromatic heterocycles. The summed E-state index contributed by atoms with van der Waals surface area (Å²) in [7, 11) is 0. The zero-order valence-electron chi connectivity index (χ0n) is 8.18. The van der Waals surface area contributed by atoms with Crippen LogP contribution in [0.4, 0.5) is 4.39 Å². The Morgan fingerprint density at radius 1 is 1.50 bits per heavy atom. The van der Waals surface area contributed by atoms with E-state index in [1.54, 1.807) is 0 Å². The van der Waals surface area contributed by atoms with E-state index in [2.05, 4.69) is 15.9 Å². The van der Waals surface area contributed by atoms with E-state index in [0.29, 0.717) is 5.56 Å². The van der Waals surface area contributed by atoms with Gasteiger partial charge in [0.1, 0.15) is 11.6 Å². The van der Waals surface area contributed by atoms with Crippen molar-refractivity contribution >= 4 is 21.7 Å². The molecule has 0 radical (unpaired) electrons. The first-order chi connectivity index (χ1) is 6.54. The van der Waals surface area contributed by atoms with Crippen molar-refractivity contribution in [2.45, 2.75) is 25.1 Å². The zero-order valence-corrected chi connectivity index (χ0v) is 9.77. The molecule has 0 saturated carbocycles. The van der Waals surface area contributed by atoms with E-state index in [1.165, 1.54) is 19.1 Å². The van der Waals surface area contributed by atoms with Crippen LogP contribution in [-0.4, -0.2) is 5.78 Å². The van der Waals surface area contributed by atoms with Crippen molar-refractivity contribution in [1.29, 1.82) is 0 Å². The average Bonchev–Trinajstić information content (AvgIpc) is 2.15. The van der Waals surface area contributed by atoms with Gasteiger partial charge in [0.2, 0.25) is 0 Å². The molecule has 1 nitrogen and oxygen atoms in total. The molecule has 1 unspecified atom stereocenters. The van der Waals surface area contributed by atoms with Crippen LogP contribution < -0.4 is 0 Å². The van der Waals surface area contributed by atoms with E-state index in [9.17, 15) is 9.18 Å². The van der Waals surface area contributed by atoms with Crippen molar-refractivity contribution in [3.63, 3.8) is 0 Å². The van der Waals surface area contributed by atoms with Gasteiger partial charge in [0, 0.05) is 0 Å². The van der Waals surface area contributed by atoms with Crippen LogP contribution in [0.25, 0.3) is 0 Å². The Morgan fingerprint density at radius 3 is 2.64 bits per heavy atom. The minimum Gasteiger partial charge on any atom is -0.298 e. The van der Waals surface area contributed by atoms with E-state index in [1.807, 2.05) is 13.0 Å². The summed E-state index contributed by atoms with van der Waals surface area (Å²) in [5.74, 6) is -0.303. The highest BCUT2D eigenvalue weighted by Crippen LogP contribution is 2.25. The lowest BCUT2D eigenvalue weighted by Gasteiger charge is -2.08. The van der Waals surface area contributed by atoms with E-state index >= 15 is 0 Å². The predicted octanol–water partition coefficient (Wildman–Crippen LogP) is 3.41. The predicted molar refractivity (Wildman–Crippen MR) is 58.1 cm³/mol. The monoisotopic (exact) mass is 258 g/mol. The Bertz CT molecular complexity index is 349. The van der Waals surface area contributed by atoms with Gasteiger partial charge in [-0.2, -0.15) is 0 Å². The van der Waals surface area contributed by atoms with E-state index in [4.69, 9.17) is 0 Å². The molecule has 0 N–H and O–H groups in total. The molecule has 3 heteroatoms. The molecule has 0 bridgehead atoms. The van der Waals surface area contributed by atoms with Crippen LogP contribution in [0.5, 0.6) is 0 Å². The van der Waals surface area contributed by atoms with Gasteiger partial charge in [-0.15, -0.1) is 0 Å². The molecular weight excluding hydrogens is 247 g/mol. The highest BCUT2D eigenvalue weighted by atomic mass is 79.9. The van der Waals surface area contributed by atoms with E-state index in [0.717, 1.165) is 12.0 Å². The molecule has 1 rings (SSSR count). The Kier molecular flexibility index (Phi) is 3.81. The number of ketones is 1. The molecule has 0 saturated heterocycles. The first-order valence-electron chi connectivity index (χ1n) is 4.48. The third-order valence-electron chi connectivity index (χ3n) is 2.04. The quantitative estimate of drug-likeness (QED) is 0.760. The summed E-state index contributed by atoms with van der Waals surface area (Å²) in [5.41, 5.74) is 1.60. The van der Waals surface area contributed by atoms with Crippen molar-refractivity contribution in [3.8, 4) is 0 Å². The maximum absolute atomic E-state index is 13.1. The molecule has 0 aliphatic carbocycles. The lowest BCUT2D eigenvalue weighted by atomic mass is 10.0. The Hall–Kier alpha value is -0.700. The summed E-state index contributed by atoms with van der Waals surface area (Å²) < 4.78 is 13.1. The summed E-state index contributed by atoms with van der Waals surface area (Å²) in [6, 6.07) is 4.73. The molecule has 1 atom stereocenters. The van der Waals surface area contributed by atoms with Crippen molar-refractivity contribution in [2.24, 2.45) is 0 Å². The Balaban J connectivity index is 3.08. The number of halogens is 2. The van der Waals surface area contributed by atoms with Crippen LogP contribution in [0.3, 0.4) is 0 Å². The van der Waals surface area contributed by atoms with Crippen LogP contribution in [0.1, 0.15) is 29.8 Å². The molecule has 0 aliphatic rings. The van der Waals surface area contributed by atoms with Gasteiger partial charge in [-0.1, -0.05) is 28.9 Å². The van der Waals surface area contributed by atoms with Crippen LogP contribution in [0.2, 0.25) is 0 Å². The summed E-state index contributed by atoms with van der Waals surface area (Å²) in [4.78, 5) is 10.7. The second kappa shape index (κ2) is 4.69. The molecule has 76 valence electrons. The van der Waals surface area contributed by atoms with E-state index < -0.39 is 4.83 Å². The van der Waals surface area contributed by atoms with Gasteiger partial charge in [-0.3, -0.25) is 4.79 Å². The molecule has 0 heterocycles. The highest BCUT2D eigenvalue weighted by molar-refractivity contribution is 9.09. The van der Waals surface area contributed by atoms with Crippen molar-refractivity contribution in [3.05, 3.63) is 35.1 Å². The van der Waals surface area contributed by atoms with Crippen molar-refractivity contribution in [2.75, 3.05) is 0 Å². The number of aryl methyl sites for hydroxylation is 1. The minimum absolute atomic E-state index is 0.0161. The fraction of sp³-hybridized carbons (Fsp3) is 0.364. The summed E-state index contributed by atoms with van der Waals surface area (Å²) >= 11 is 3.23. The summed E-state index contributed by atoms with van der Waals surface area (Å²) in [5, 5.41) is 0. The highest BCUT2D eigenvalue weighted by Gasteiger charge is 2.13. The zero-order chi connectivity index (χ0) is 10.7. The first kappa shape index (κ1) is 11.4. The lowest BCUT2D eigenvalue weighted by Crippen LogP contribution is -2.02. The first-order valence-corrected chi connectivity index (χ1v) is 5.40. The third-order valence-corrected chi connectivity index (χ3v) is 3.21. The number of hydrogen-bond donors (Lipinski definition) is 0. The maximum Gasteiger partial charge on any atom is 0.147 e. The summed E-state index contributed by atoms with van der Waals surface area (Å²) in [6.07, 6.45) is 0.766. The second-order valence-corrected chi connectivity index (χ2v) is 4.14. The van der Waals surface area contributed by atoms with Crippen LogP contribution in [0.15, 0.2) is 18.2 Å². The van der Waals surface area contributed by atoms with Gasteiger partial charge < -0.3 is 0 Å². The molecular formula is C11H12BrFO. The molecule has 1 aromatic carbocycles. The van der Waals surface area contributed by atoms with Crippen LogP contribution in [0, 0.1) is 5.82 Å². The number of hydrogen-bond acceptors (Lipinski definition) is 1. The van der Waals surface area contributed by atoms with Crippen LogP contribution >= 0.6 is 15.9 Å². The SMILES string of the molecule is CCc1cc(F)cc(C(Br)C(C)=O)c1. The number of benzene rings is 1. The van der Waals surface area contributed by atoms with Gasteiger partial charge in [-0.25, -0.2) is 4.39 Å². The molecule has 0 spiro atoms. The third kappa shape index (κ3) is 2.64. The van der Waals surface area contributed by atoms with Gasteiger partial charge in [0.15, 0.2) is 0 Å². The number of carbonyl (C=O) groups excluding carboxylic acids is 1. The fourth-order valence-corrected chi connectivity index (χ4v) is 1.52. The topological polar surface area (TPSA) is 17.1 Å². The van der Waals surface area contributed by atoms with E-state index in [-0.39, 0.29) is 11.6 Å². The molecule has 0 amide bonds. The van der Waals surface area contributed by atoms with Gasteiger partial charge >= 0.3 is 0 Å². The number of carbonyl (C=O) groups is 1. The number of rotatable bonds is 3. The van der Waals surface area contributed by atoms with Crippen molar-refractivity contribution in [1.82, 2.24) is 0 Å². The molecule has 14 heavy (non-hydrogen) atoms. The minimum atomic E-state index is -0.400. The average molecular weight is 259 g/mol. The standard InChI is InChI=1S/C11H12BrFO/c1-3-8-4-9(6-10(13)5-8)11(12)7(2)14/h4-6,11H,3H2,1-2H3. The molecule has 1 aromatic rings. The van der Waals surface area contributed by atoms with Crippen molar-refractivity contribution < 1.29 is 9.18 Å². The van der Waals surface area contributed by atoms with Gasteiger partial charge in [0.05, 0.1) is 4.83 Å². The largest absolute Gasteiger partial charge is 0.298 e. The Morgan fingerprint density at radius 2 is 2.14 bits per heavy atom.